The Labute approximate surface area is 297 Å². The third-order valence-electron chi connectivity index (χ3n) is 8.33. The van der Waals surface area contributed by atoms with E-state index in [9.17, 15) is 28.8 Å². The van der Waals surface area contributed by atoms with Gasteiger partial charge in [-0.2, -0.15) is 0 Å². The summed E-state index contributed by atoms with van der Waals surface area (Å²) in [6, 6.07) is -1.24. The number of hydrogen-bond acceptors (Lipinski definition) is 13. The zero-order chi connectivity index (χ0) is 37.5. The fourth-order valence-corrected chi connectivity index (χ4v) is 6.08. The topological polar surface area (TPSA) is 179 Å². The second-order valence-electron chi connectivity index (χ2n) is 12.9. The Kier molecular flexibility index (Phi) is 22.2. The minimum absolute atomic E-state index is 0.0660. The van der Waals surface area contributed by atoms with Gasteiger partial charge < -0.3 is 38.5 Å². The van der Waals surface area contributed by atoms with Crippen molar-refractivity contribution in [2.45, 2.75) is 174 Å². The maximum absolute atomic E-state index is 13.4. The highest BCUT2D eigenvalue weighted by atomic mass is 16.7. The molecule has 50 heavy (non-hydrogen) atoms. The Morgan fingerprint density at radius 1 is 0.720 bits per heavy atom. The first kappa shape index (κ1) is 44.8. The molecule has 0 bridgehead atoms. The minimum Gasteiger partial charge on any atom is -0.465 e. The molecule has 1 fully saturated rings. The SMILES string of the molecule is CCCCCCCCCCCCCCCCO[C@]1(C(=O)OC)C[C@H](OC(C)=O)[C@@H](NC(C)=O)[C@H]([C@H](OC(C)=O)[C@@H](COC(C)=O)OC(C)=O)O1. The van der Waals surface area contributed by atoms with Crippen LogP contribution in [0.4, 0.5) is 0 Å². The van der Waals surface area contributed by atoms with Crippen molar-refractivity contribution in [2.75, 3.05) is 20.3 Å². The second-order valence-corrected chi connectivity index (χ2v) is 12.9. The highest BCUT2D eigenvalue weighted by Gasteiger charge is 2.59. The molecule has 1 rings (SSSR count). The van der Waals surface area contributed by atoms with Crippen LogP contribution in [-0.4, -0.2) is 92.3 Å². The molecule has 1 heterocycles. The lowest BCUT2D eigenvalue weighted by Gasteiger charge is -2.48. The number of methoxy groups -OCH3 is 1. The van der Waals surface area contributed by atoms with Crippen molar-refractivity contribution in [3.8, 4) is 0 Å². The molecule has 0 aromatic heterocycles. The van der Waals surface area contributed by atoms with E-state index in [0.29, 0.717) is 6.42 Å². The van der Waals surface area contributed by atoms with E-state index in [-0.39, 0.29) is 13.0 Å². The molecule has 0 saturated carbocycles. The van der Waals surface area contributed by atoms with E-state index in [1.807, 2.05) is 0 Å². The molecule has 0 aromatic carbocycles. The van der Waals surface area contributed by atoms with Crippen molar-refractivity contribution in [1.29, 1.82) is 0 Å². The van der Waals surface area contributed by atoms with Gasteiger partial charge in [0, 0.05) is 34.6 Å². The van der Waals surface area contributed by atoms with Crippen LogP contribution in [0.5, 0.6) is 0 Å². The van der Waals surface area contributed by atoms with E-state index >= 15 is 0 Å². The smallest absolute Gasteiger partial charge is 0.366 e. The van der Waals surface area contributed by atoms with Crippen LogP contribution in [0.15, 0.2) is 0 Å². The first-order valence-electron chi connectivity index (χ1n) is 18.1. The van der Waals surface area contributed by atoms with Gasteiger partial charge in [0.2, 0.25) is 5.91 Å². The molecular weight excluding hydrogens is 654 g/mol. The van der Waals surface area contributed by atoms with Crippen LogP contribution in [0.3, 0.4) is 0 Å². The molecule has 1 saturated heterocycles. The van der Waals surface area contributed by atoms with E-state index in [4.69, 9.17) is 33.2 Å². The number of hydrogen-bond donors (Lipinski definition) is 1. The number of rotatable bonds is 25. The molecule has 14 heteroatoms. The predicted molar refractivity (Wildman–Crippen MR) is 181 cm³/mol. The van der Waals surface area contributed by atoms with Gasteiger partial charge in [-0.1, -0.05) is 90.4 Å². The van der Waals surface area contributed by atoms with Crippen molar-refractivity contribution < 1.29 is 61.9 Å². The largest absolute Gasteiger partial charge is 0.465 e. The molecule has 1 amide bonds. The maximum atomic E-state index is 13.4. The highest BCUT2D eigenvalue weighted by molar-refractivity contribution is 5.79. The van der Waals surface area contributed by atoms with Gasteiger partial charge >= 0.3 is 29.8 Å². The molecule has 0 spiro atoms. The van der Waals surface area contributed by atoms with Gasteiger partial charge in [-0.05, 0) is 6.42 Å². The molecule has 0 aliphatic carbocycles. The Morgan fingerprint density at radius 2 is 1.24 bits per heavy atom. The lowest BCUT2D eigenvalue weighted by atomic mass is 9.88. The third kappa shape index (κ3) is 17.6. The number of nitrogens with one attached hydrogen (secondary N) is 1. The van der Waals surface area contributed by atoms with E-state index in [1.165, 1.54) is 64.7 Å². The summed E-state index contributed by atoms with van der Waals surface area (Å²) in [5.41, 5.74) is 0. The summed E-state index contributed by atoms with van der Waals surface area (Å²) in [7, 11) is 1.13. The molecule has 0 aromatic rings. The molecule has 14 nitrogen and oxygen atoms in total. The molecule has 6 atom stereocenters. The fraction of sp³-hybridized carbons (Fsp3) is 0.833. The maximum Gasteiger partial charge on any atom is 0.366 e. The van der Waals surface area contributed by atoms with Gasteiger partial charge in [0.25, 0.3) is 5.79 Å². The first-order chi connectivity index (χ1) is 23.8. The van der Waals surface area contributed by atoms with Crippen LogP contribution >= 0.6 is 0 Å². The zero-order valence-corrected chi connectivity index (χ0v) is 31.2. The van der Waals surface area contributed by atoms with Crippen LogP contribution < -0.4 is 5.32 Å². The van der Waals surface area contributed by atoms with Crippen molar-refractivity contribution in [3.63, 3.8) is 0 Å². The van der Waals surface area contributed by atoms with Crippen molar-refractivity contribution >= 4 is 35.8 Å². The summed E-state index contributed by atoms with van der Waals surface area (Å²) in [5, 5.41) is 2.64. The van der Waals surface area contributed by atoms with Gasteiger partial charge in [-0.3, -0.25) is 24.0 Å². The summed E-state index contributed by atoms with van der Waals surface area (Å²) >= 11 is 0. The van der Waals surface area contributed by atoms with Crippen LogP contribution in [0, 0.1) is 0 Å². The normalized spacial score (nSPS) is 21.3. The summed E-state index contributed by atoms with van der Waals surface area (Å²) in [4.78, 5) is 74.2. The standard InChI is InChI=1S/C36H61NO13/c1-8-9-10-11-12-13-14-15-16-17-18-19-20-21-22-46-36(35(43)44-7)23-30(47-27(4)40)32(37-25(2)38)34(50-36)33(49-29(6)42)31(48-28(5)41)24-45-26(3)39/h30-34H,8-24H2,1-7H3,(H,37,38)/t30-,31+,32+,33+,34+,36+/m0/s1. The lowest BCUT2D eigenvalue weighted by Crippen LogP contribution is -2.69. The summed E-state index contributed by atoms with van der Waals surface area (Å²) in [5.74, 6) is -6.82. The van der Waals surface area contributed by atoms with E-state index in [2.05, 4.69) is 12.2 Å². The average molecular weight is 716 g/mol. The van der Waals surface area contributed by atoms with Crippen molar-refractivity contribution in [1.82, 2.24) is 5.32 Å². The number of unbranched alkanes of at least 4 members (excludes halogenated alkanes) is 13. The summed E-state index contributed by atoms with van der Waals surface area (Å²) in [6.07, 6.45) is 9.99. The number of carbonyl (C=O) groups is 6. The molecule has 288 valence electrons. The Morgan fingerprint density at radius 3 is 1.68 bits per heavy atom. The quantitative estimate of drug-likeness (QED) is 0.0759. The number of esters is 5. The molecule has 0 unspecified atom stereocenters. The average Bonchev–Trinajstić information content (AvgIpc) is 3.03. The third-order valence-corrected chi connectivity index (χ3v) is 8.33. The van der Waals surface area contributed by atoms with E-state index in [0.717, 1.165) is 60.5 Å². The number of carbonyl (C=O) groups excluding carboxylic acids is 6. The van der Waals surface area contributed by atoms with Crippen LogP contribution in [-0.2, 0) is 61.9 Å². The van der Waals surface area contributed by atoms with Crippen LogP contribution in [0.1, 0.15) is 138 Å². The first-order valence-corrected chi connectivity index (χ1v) is 18.1. The number of ether oxygens (including phenoxy) is 7. The fourth-order valence-electron chi connectivity index (χ4n) is 6.08. The number of amides is 1. The van der Waals surface area contributed by atoms with Crippen molar-refractivity contribution in [3.05, 3.63) is 0 Å². The van der Waals surface area contributed by atoms with Gasteiger partial charge in [0.15, 0.2) is 12.2 Å². The minimum atomic E-state index is -2.17. The van der Waals surface area contributed by atoms with Gasteiger partial charge in [-0.15, -0.1) is 0 Å². The van der Waals surface area contributed by atoms with E-state index in [1.54, 1.807) is 0 Å². The molecule has 1 aliphatic heterocycles. The molecule has 1 aliphatic rings. The molecule has 1 N–H and O–H groups in total. The van der Waals surface area contributed by atoms with Gasteiger partial charge in [0.1, 0.15) is 18.8 Å². The van der Waals surface area contributed by atoms with Crippen LogP contribution in [0.25, 0.3) is 0 Å². The second kappa shape index (κ2) is 24.8. The van der Waals surface area contributed by atoms with Crippen molar-refractivity contribution in [2.24, 2.45) is 0 Å². The molecular formula is C36H61NO13. The highest BCUT2D eigenvalue weighted by Crippen LogP contribution is 2.37. The van der Waals surface area contributed by atoms with Gasteiger partial charge in [-0.25, -0.2) is 4.79 Å². The van der Waals surface area contributed by atoms with Crippen LogP contribution in [0.2, 0.25) is 0 Å². The Bertz CT molecular complexity index is 1070. The van der Waals surface area contributed by atoms with E-state index < -0.39 is 78.6 Å². The lowest BCUT2D eigenvalue weighted by molar-refractivity contribution is -0.314. The summed E-state index contributed by atoms with van der Waals surface area (Å²) < 4.78 is 39.1. The predicted octanol–water partition coefficient (Wildman–Crippen LogP) is 5.01. The summed E-state index contributed by atoms with van der Waals surface area (Å²) in [6.45, 7) is 7.40. The molecule has 0 radical (unpaired) electrons. The monoisotopic (exact) mass is 715 g/mol. The van der Waals surface area contributed by atoms with Gasteiger partial charge in [0.05, 0.1) is 26.2 Å². The zero-order valence-electron chi connectivity index (χ0n) is 31.2. The Balaban J connectivity index is 3.14. The Hall–Kier alpha value is -3.26.